The smallest absolute Gasteiger partial charge is 0.262 e. The fourth-order valence-corrected chi connectivity index (χ4v) is 4.78. The summed E-state index contributed by atoms with van der Waals surface area (Å²) in [6.07, 6.45) is 2.64. The number of ether oxygens (including phenoxy) is 1. The molecule has 1 aliphatic heterocycles. The van der Waals surface area contributed by atoms with Gasteiger partial charge in [-0.2, -0.15) is 4.31 Å². The van der Waals surface area contributed by atoms with Gasteiger partial charge in [0, 0.05) is 19.2 Å². The SMILES string of the molecule is O=C(COc1ccc(S(=O)(=O)N2CCCCC2)cc1Cl)Nc1ccc(F)cc1F. The van der Waals surface area contributed by atoms with Crippen LogP contribution in [0.4, 0.5) is 14.5 Å². The van der Waals surface area contributed by atoms with Crippen LogP contribution in [0.25, 0.3) is 0 Å². The number of nitrogens with one attached hydrogen (secondary N) is 1. The summed E-state index contributed by atoms with van der Waals surface area (Å²) in [6.45, 7) is 0.450. The molecule has 0 saturated carbocycles. The predicted octanol–water partition coefficient (Wildman–Crippen LogP) is 3.81. The molecule has 0 spiro atoms. The number of piperidine rings is 1. The molecule has 1 saturated heterocycles. The molecule has 0 bridgehead atoms. The van der Waals surface area contributed by atoms with Crippen LogP contribution in [0.1, 0.15) is 19.3 Å². The molecule has 0 radical (unpaired) electrons. The standard InChI is InChI=1S/C19H19ClF2N2O4S/c20-15-11-14(29(26,27)24-8-2-1-3-9-24)5-7-18(15)28-12-19(25)23-17-6-4-13(21)10-16(17)22/h4-7,10-11H,1-3,8-9,12H2,(H,23,25). The molecule has 6 nitrogen and oxygen atoms in total. The normalized spacial score (nSPS) is 15.1. The zero-order valence-corrected chi connectivity index (χ0v) is 16.9. The summed E-state index contributed by atoms with van der Waals surface area (Å²) in [7, 11) is -3.64. The van der Waals surface area contributed by atoms with Gasteiger partial charge in [0.2, 0.25) is 10.0 Å². The number of carbonyl (C=O) groups is 1. The maximum atomic E-state index is 13.6. The third-order valence-electron chi connectivity index (χ3n) is 4.42. The second-order valence-electron chi connectivity index (χ2n) is 6.52. The molecule has 3 rings (SSSR count). The minimum Gasteiger partial charge on any atom is -0.482 e. The maximum absolute atomic E-state index is 13.6. The number of amides is 1. The molecule has 0 unspecified atom stereocenters. The molecule has 29 heavy (non-hydrogen) atoms. The van der Waals surface area contributed by atoms with Crippen molar-refractivity contribution in [2.45, 2.75) is 24.2 Å². The third-order valence-corrected chi connectivity index (χ3v) is 6.61. The van der Waals surface area contributed by atoms with E-state index >= 15 is 0 Å². The molecular weight excluding hydrogens is 426 g/mol. The van der Waals surface area contributed by atoms with Crippen LogP contribution in [0.15, 0.2) is 41.3 Å². The summed E-state index contributed by atoms with van der Waals surface area (Å²) in [5.41, 5.74) is -0.186. The molecule has 2 aromatic rings. The van der Waals surface area contributed by atoms with Crippen molar-refractivity contribution in [3.63, 3.8) is 0 Å². The van der Waals surface area contributed by atoms with Gasteiger partial charge in [0.05, 0.1) is 15.6 Å². The van der Waals surface area contributed by atoms with Crippen molar-refractivity contribution < 1.29 is 26.7 Å². The van der Waals surface area contributed by atoms with Crippen LogP contribution in [-0.4, -0.2) is 38.3 Å². The number of nitrogens with zero attached hydrogens (tertiary/aromatic N) is 1. The van der Waals surface area contributed by atoms with Gasteiger partial charge in [0.1, 0.15) is 17.4 Å². The van der Waals surface area contributed by atoms with Gasteiger partial charge in [0.15, 0.2) is 6.61 Å². The number of hydrogen-bond donors (Lipinski definition) is 1. The Kier molecular flexibility index (Phi) is 6.71. The number of halogens is 3. The first-order chi connectivity index (χ1) is 13.8. The molecule has 10 heteroatoms. The van der Waals surface area contributed by atoms with E-state index < -0.39 is 34.2 Å². The third kappa shape index (κ3) is 5.23. The van der Waals surface area contributed by atoms with Gasteiger partial charge in [-0.3, -0.25) is 4.79 Å². The van der Waals surface area contributed by atoms with Crippen molar-refractivity contribution in [2.75, 3.05) is 25.0 Å². The molecule has 0 aromatic heterocycles. The Bertz CT molecular complexity index is 1010. The highest BCUT2D eigenvalue weighted by molar-refractivity contribution is 7.89. The molecular formula is C19H19ClF2N2O4S. The van der Waals surface area contributed by atoms with Crippen molar-refractivity contribution in [1.82, 2.24) is 4.31 Å². The Morgan fingerprint density at radius 3 is 2.48 bits per heavy atom. The topological polar surface area (TPSA) is 75.7 Å². The average Bonchev–Trinajstić information content (AvgIpc) is 2.70. The van der Waals surface area contributed by atoms with Crippen LogP contribution >= 0.6 is 11.6 Å². The second-order valence-corrected chi connectivity index (χ2v) is 8.86. The van der Waals surface area contributed by atoms with E-state index in [4.69, 9.17) is 16.3 Å². The van der Waals surface area contributed by atoms with E-state index in [1.807, 2.05) is 0 Å². The number of benzene rings is 2. The van der Waals surface area contributed by atoms with Gasteiger partial charge < -0.3 is 10.1 Å². The van der Waals surface area contributed by atoms with Gasteiger partial charge in [-0.15, -0.1) is 0 Å². The van der Waals surface area contributed by atoms with Crippen molar-refractivity contribution in [1.29, 1.82) is 0 Å². The Labute approximate surface area is 172 Å². The van der Waals surface area contributed by atoms with E-state index in [2.05, 4.69) is 5.32 Å². The van der Waals surface area contributed by atoms with E-state index in [0.29, 0.717) is 19.2 Å². The van der Waals surface area contributed by atoms with Crippen molar-refractivity contribution in [2.24, 2.45) is 0 Å². The van der Waals surface area contributed by atoms with E-state index in [1.165, 1.54) is 22.5 Å². The van der Waals surface area contributed by atoms with Crippen molar-refractivity contribution >= 4 is 33.2 Å². The van der Waals surface area contributed by atoms with Crippen molar-refractivity contribution in [3.8, 4) is 5.75 Å². The first kappa shape index (κ1) is 21.5. The minimum absolute atomic E-state index is 0.0313. The summed E-state index contributed by atoms with van der Waals surface area (Å²) >= 11 is 6.12. The van der Waals surface area contributed by atoms with E-state index in [9.17, 15) is 22.0 Å². The second kappa shape index (κ2) is 9.06. The minimum atomic E-state index is -3.64. The van der Waals surface area contributed by atoms with Crippen LogP contribution in [0.2, 0.25) is 5.02 Å². The lowest BCUT2D eigenvalue weighted by Crippen LogP contribution is -2.35. The highest BCUT2D eigenvalue weighted by atomic mass is 35.5. The Morgan fingerprint density at radius 2 is 1.83 bits per heavy atom. The zero-order valence-electron chi connectivity index (χ0n) is 15.3. The first-order valence-corrected chi connectivity index (χ1v) is 10.8. The maximum Gasteiger partial charge on any atom is 0.262 e. The fraction of sp³-hybridized carbons (Fsp3) is 0.316. The van der Waals surface area contributed by atoms with E-state index in [-0.39, 0.29) is 21.4 Å². The molecule has 2 aromatic carbocycles. The lowest BCUT2D eigenvalue weighted by molar-refractivity contribution is -0.118. The monoisotopic (exact) mass is 444 g/mol. The first-order valence-electron chi connectivity index (χ1n) is 8.95. The van der Waals surface area contributed by atoms with Crippen LogP contribution < -0.4 is 10.1 Å². The highest BCUT2D eigenvalue weighted by Gasteiger charge is 2.26. The summed E-state index contributed by atoms with van der Waals surface area (Å²) in [4.78, 5) is 12.0. The number of carbonyl (C=O) groups excluding carboxylic acids is 1. The number of sulfonamides is 1. The molecule has 0 atom stereocenters. The summed E-state index contributed by atoms with van der Waals surface area (Å²) in [5.74, 6) is -2.25. The highest BCUT2D eigenvalue weighted by Crippen LogP contribution is 2.29. The van der Waals surface area contributed by atoms with Gasteiger partial charge >= 0.3 is 0 Å². The van der Waals surface area contributed by atoms with Gasteiger partial charge in [-0.1, -0.05) is 18.0 Å². The Hall–Kier alpha value is -2.23. The van der Waals surface area contributed by atoms with Crippen molar-refractivity contribution in [3.05, 3.63) is 53.1 Å². The fourth-order valence-electron chi connectivity index (χ4n) is 2.93. The lowest BCUT2D eigenvalue weighted by atomic mass is 10.2. The van der Waals surface area contributed by atoms with Crippen LogP contribution in [-0.2, 0) is 14.8 Å². The molecule has 156 valence electrons. The van der Waals surface area contributed by atoms with Crippen LogP contribution in [0.5, 0.6) is 5.75 Å². The van der Waals surface area contributed by atoms with Gasteiger partial charge in [-0.25, -0.2) is 17.2 Å². The predicted molar refractivity (Wildman–Crippen MR) is 105 cm³/mol. The molecule has 1 aliphatic rings. The van der Waals surface area contributed by atoms with Crippen LogP contribution in [0.3, 0.4) is 0 Å². The van der Waals surface area contributed by atoms with E-state index in [1.54, 1.807) is 0 Å². The largest absolute Gasteiger partial charge is 0.482 e. The number of anilines is 1. The molecule has 1 fully saturated rings. The quantitative estimate of drug-likeness (QED) is 0.735. The summed E-state index contributed by atoms with van der Waals surface area (Å²) < 4.78 is 58.5. The van der Waals surface area contributed by atoms with Crippen LogP contribution in [0, 0.1) is 11.6 Å². The number of rotatable bonds is 6. The van der Waals surface area contributed by atoms with Gasteiger partial charge in [0.25, 0.3) is 5.91 Å². The zero-order chi connectivity index (χ0) is 21.0. The summed E-state index contributed by atoms with van der Waals surface area (Å²) in [5, 5.41) is 2.29. The molecule has 1 amide bonds. The van der Waals surface area contributed by atoms with Gasteiger partial charge in [-0.05, 0) is 43.2 Å². The molecule has 0 aliphatic carbocycles. The lowest BCUT2D eigenvalue weighted by Gasteiger charge is -2.26. The number of hydrogen-bond acceptors (Lipinski definition) is 4. The van der Waals surface area contributed by atoms with E-state index in [0.717, 1.165) is 31.4 Å². The summed E-state index contributed by atoms with van der Waals surface area (Å²) in [6, 6.07) is 6.76. The Balaban J connectivity index is 1.64. The Morgan fingerprint density at radius 1 is 1.10 bits per heavy atom. The average molecular weight is 445 g/mol. The molecule has 1 N–H and O–H groups in total. The molecule has 1 heterocycles.